The Balaban J connectivity index is 3.56. The molecule has 0 aromatic heterocycles. The average Bonchev–Trinajstić information content (AvgIpc) is 1.57. The molecule has 0 rings (SSSR count). The first-order valence-corrected chi connectivity index (χ1v) is 7.04. The Morgan fingerprint density at radius 1 is 1.30 bits per heavy atom. The van der Waals surface area contributed by atoms with E-state index in [1.165, 1.54) is 0 Å². The van der Waals surface area contributed by atoms with Gasteiger partial charge in [0.25, 0.3) is 0 Å². The molecule has 0 saturated carbocycles. The molecule has 62 valence electrons. The zero-order chi connectivity index (χ0) is 8.41. The van der Waals surface area contributed by atoms with Gasteiger partial charge in [-0.25, -0.2) is 0 Å². The van der Waals surface area contributed by atoms with Crippen molar-refractivity contribution in [3.05, 3.63) is 0 Å². The van der Waals surface area contributed by atoms with Crippen LogP contribution in [0.5, 0.6) is 0 Å². The van der Waals surface area contributed by atoms with Gasteiger partial charge < -0.3 is 10.2 Å². The largest absolute Gasteiger partial charge is 0.416 e. The van der Waals surface area contributed by atoms with Gasteiger partial charge in [0.05, 0.1) is 6.61 Å². The van der Waals surface area contributed by atoms with Gasteiger partial charge in [-0.15, -0.1) is 0 Å². The summed E-state index contributed by atoms with van der Waals surface area (Å²) in [5, 5.41) is 0. The highest BCUT2D eigenvalue weighted by atomic mass is 28.4. The molecule has 0 heterocycles. The molecule has 2 N–H and O–H groups in total. The molecule has 0 aromatic carbocycles. The molecule has 2 nitrogen and oxygen atoms in total. The summed E-state index contributed by atoms with van der Waals surface area (Å²) in [6, 6.07) is 0. The van der Waals surface area contributed by atoms with Crippen molar-refractivity contribution in [2.24, 2.45) is 5.73 Å². The lowest BCUT2D eigenvalue weighted by atomic mass is 10.1. The third-order valence-electron chi connectivity index (χ3n) is 0.877. The molecule has 0 aliphatic rings. The van der Waals surface area contributed by atoms with Gasteiger partial charge in [0.2, 0.25) is 0 Å². The number of hydrogen-bond acceptors (Lipinski definition) is 2. The van der Waals surface area contributed by atoms with Crippen LogP contribution in [0, 0.1) is 0 Å². The fourth-order valence-corrected chi connectivity index (χ4v) is 1.21. The molecule has 0 atom stereocenters. The van der Waals surface area contributed by atoms with Crippen LogP contribution in [0.2, 0.25) is 19.6 Å². The van der Waals surface area contributed by atoms with E-state index >= 15 is 0 Å². The van der Waals surface area contributed by atoms with E-state index in [1.54, 1.807) is 0 Å². The summed E-state index contributed by atoms with van der Waals surface area (Å²) in [6.07, 6.45) is 0. The van der Waals surface area contributed by atoms with E-state index in [1.807, 2.05) is 13.8 Å². The molecule has 0 aliphatic heterocycles. The summed E-state index contributed by atoms with van der Waals surface area (Å²) in [5.74, 6) is 0. The smallest absolute Gasteiger partial charge is 0.183 e. The van der Waals surface area contributed by atoms with Crippen LogP contribution in [0.4, 0.5) is 0 Å². The van der Waals surface area contributed by atoms with Gasteiger partial charge in [-0.1, -0.05) is 0 Å². The second kappa shape index (κ2) is 3.03. The van der Waals surface area contributed by atoms with Crippen molar-refractivity contribution in [3.8, 4) is 0 Å². The van der Waals surface area contributed by atoms with Gasteiger partial charge in [-0.2, -0.15) is 0 Å². The first-order chi connectivity index (χ1) is 4.21. The Morgan fingerprint density at radius 2 is 1.70 bits per heavy atom. The van der Waals surface area contributed by atoms with Crippen molar-refractivity contribution in [2.75, 3.05) is 6.61 Å². The minimum absolute atomic E-state index is 0.180. The van der Waals surface area contributed by atoms with Crippen molar-refractivity contribution in [1.29, 1.82) is 0 Å². The lowest BCUT2D eigenvalue weighted by molar-refractivity contribution is 0.237. The third kappa shape index (κ3) is 8.14. The van der Waals surface area contributed by atoms with E-state index < -0.39 is 8.32 Å². The fraction of sp³-hybridized carbons (Fsp3) is 1.00. The van der Waals surface area contributed by atoms with Crippen LogP contribution in [0.25, 0.3) is 0 Å². The Morgan fingerprint density at radius 3 is 1.80 bits per heavy atom. The molecule has 3 heteroatoms. The topological polar surface area (TPSA) is 35.2 Å². The van der Waals surface area contributed by atoms with Crippen molar-refractivity contribution in [3.63, 3.8) is 0 Å². The Labute approximate surface area is 64.9 Å². The van der Waals surface area contributed by atoms with Gasteiger partial charge in [0.15, 0.2) is 8.32 Å². The molecule has 0 saturated heterocycles. The quantitative estimate of drug-likeness (QED) is 0.638. The maximum Gasteiger partial charge on any atom is 0.183 e. The SMILES string of the molecule is CC(C)(N)CO[Si](C)(C)C. The van der Waals surface area contributed by atoms with Crippen LogP contribution in [-0.4, -0.2) is 20.5 Å². The van der Waals surface area contributed by atoms with Gasteiger partial charge >= 0.3 is 0 Å². The van der Waals surface area contributed by atoms with Crippen LogP contribution in [0.15, 0.2) is 0 Å². The average molecular weight is 161 g/mol. The summed E-state index contributed by atoms with van der Waals surface area (Å²) in [4.78, 5) is 0. The van der Waals surface area contributed by atoms with Crippen molar-refractivity contribution >= 4 is 8.32 Å². The first-order valence-electron chi connectivity index (χ1n) is 3.64. The van der Waals surface area contributed by atoms with Crippen molar-refractivity contribution < 1.29 is 4.43 Å². The summed E-state index contributed by atoms with van der Waals surface area (Å²) in [6.45, 7) is 11.1. The molecule has 0 amide bonds. The standard InChI is InChI=1S/C7H19NOSi/c1-7(2,8)6-9-10(3,4)5/h6,8H2,1-5H3. The highest BCUT2D eigenvalue weighted by Gasteiger charge is 2.19. The summed E-state index contributed by atoms with van der Waals surface area (Å²) < 4.78 is 5.61. The van der Waals surface area contributed by atoms with Crippen LogP contribution in [0.1, 0.15) is 13.8 Å². The van der Waals surface area contributed by atoms with Crippen molar-refractivity contribution in [2.45, 2.75) is 39.0 Å². The molecular weight excluding hydrogens is 142 g/mol. The van der Waals surface area contributed by atoms with Gasteiger partial charge in [0, 0.05) is 5.54 Å². The molecule has 0 spiro atoms. The van der Waals surface area contributed by atoms with Crippen LogP contribution in [0.3, 0.4) is 0 Å². The Hall–Kier alpha value is 0.137. The zero-order valence-corrected chi connectivity index (χ0v) is 8.69. The molecule has 0 aromatic rings. The Kier molecular flexibility index (Phi) is 3.07. The van der Waals surface area contributed by atoms with Crippen LogP contribution >= 0.6 is 0 Å². The maximum atomic E-state index is 5.74. The molecule has 0 fully saturated rings. The molecular formula is C7H19NOSi. The van der Waals surface area contributed by atoms with Crippen molar-refractivity contribution in [1.82, 2.24) is 0 Å². The fourth-order valence-electron chi connectivity index (χ4n) is 0.403. The van der Waals surface area contributed by atoms with Gasteiger partial charge in [-0.05, 0) is 33.5 Å². The highest BCUT2D eigenvalue weighted by molar-refractivity contribution is 6.69. The predicted octanol–water partition coefficient (Wildman–Crippen LogP) is 1.58. The third-order valence-corrected chi connectivity index (χ3v) is 1.89. The minimum atomic E-state index is -1.35. The highest BCUT2D eigenvalue weighted by Crippen LogP contribution is 2.06. The van der Waals surface area contributed by atoms with E-state index in [2.05, 4.69) is 19.6 Å². The van der Waals surface area contributed by atoms with Crippen LogP contribution in [-0.2, 0) is 4.43 Å². The summed E-state index contributed by atoms with van der Waals surface area (Å²) in [7, 11) is -1.35. The van der Waals surface area contributed by atoms with E-state index in [4.69, 9.17) is 10.2 Å². The number of hydrogen-bond donors (Lipinski definition) is 1. The van der Waals surface area contributed by atoms with Gasteiger partial charge in [-0.3, -0.25) is 0 Å². The second-order valence-corrected chi connectivity index (χ2v) is 8.90. The number of rotatable bonds is 3. The second-order valence-electron chi connectivity index (χ2n) is 4.39. The number of nitrogens with two attached hydrogens (primary N) is 1. The van der Waals surface area contributed by atoms with Gasteiger partial charge in [0.1, 0.15) is 0 Å². The first kappa shape index (κ1) is 10.1. The normalized spacial score (nSPS) is 13.8. The summed E-state index contributed by atoms with van der Waals surface area (Å²) >= 11 is 0. The van der Waals surface area contributed by atoms with E-state index in [9.17, 15) is 0 Å². The zero-order valence-electron chi connectivity index (χ0n) is 7.69. The van der Waals surface area contributed by atoms with E-state index in [0.717, 1.165) is 0 Å². The molecule has 10 heavy (non-hydrogen) atoms. The minimum Gasteiger partial charge on any atom is -0.416 e. The van der Waals surface area contributed by atoms with Crippen LogP contribution < -0.4 is 5.73 Å². The maximum absolute atomic E-state index is 5.74. The van der Waals surface area contributed by atoms with E-state index in [0.29, 0.717) is 6.61 Å². The Bertz CT molecular complexity index is 87.2. The van der Waals surface area contributed by atoms with E-state index in [-0.39, 0.29) is 5.54 Å². The lowest BCUT2D eigenvalue weighted by Gasteiger charge is -2.25. The lowest BCUT2D eigenvalue weighted by Crippen LogP contribution is -2.41. The summed E-state index contributed by atoms with van der Waals surface area (Å²) in [5.41, 5.74) is 5.56. The molecule has 0 radical (unpaired) electrons. The monoisotopic (exact) mass is 161 g/mol. The molecule has 0 unspecified atom stereocenters. The molecule has 0 bridgehead atoms. The predicted molar refractivity (Wildman–Crippen MR) is 47.6 cm³/mol. The molecule has 0 aliphatic carbocycles.